The number of para-hydroxylation sites is 1. The normalized spacial score (nSPS) is 15.0. The van der Waals surface area contributed by atoms with Crippen molar-refractivity contribution in [2.75, 3.05) is 18.4 Å². The van der Waals surface area contributed by atoms with Crippen LogP contribution in [0.25, 0.3) is 0 Å². The smallest absolute Gasteiger partial charge is 0.253 e. The van der Waals surface area contributed by atoms with E-state index >= 15 is 0 Å². The Kier molecular flexibility index (Phi) is 7.75. The number of amides is 2. The Balaban J connectivity index is 1.81. The summed E-state index contributed by atoms with van der Waals surface area (Å²) in [6, 6.07) is 7.08. The van der Waals surface area contributed by atoms with Gasteiger partial charge in [0.2, 0.25) is 5.91 Å². The van der Waals surface area contributed by atoms with Crippen LogP contribution in [0.5, 0.6) is 0 Å². The molecule has 1 saturated carbocycles. The second kappa shape index (κ2) is 10.1. The highest BCUT2D eigenvalue weighted by Crippen LogP contribution is 2.27. The van der Waals surface area contributed by atoms with E-state index in [1.54, 1.807) is 18.2 Å². The minimum absolute atomic E-state index is 0.0233. The van der Waals surface area contributed by atoms with Gasteiger partial charge in [0.1, 0.15) is 0 Å². The Bertz CT molecular complexity index is 539. The molecule has 5 nitrogen and oxygen atoms in total. The lowest BCUT2D eigenvalue weighted by Gasteiger charge is -2.21. The summed E-state index contributed by atoms with van der Waals surface area (Å²) in [6.45, 7) is 0.809. The van der Waals surface area contributed by atoms with E-state index < -0.39 is 0 Å². The van der Waals surface area contributed by atoms with Crippen LogP contribution < -0.4 is 16.4 Å². The lowest BCUT2D eigenvalue weighted by Crippen LogP contribution is -2.29. The molecular weight excluding hydrogens is 302 g/mol. The molecule has 1 aliphatic rings. The molecule has 0 atom stereocenters. The van der Waals surface area contributed by atoms with Crippen molar-refractivity contribution >= 4 is 17.5 Å². The van der Waals surface area contributed by atoms with Crippen LogP contribution in [-0.2, 0) is 4.79 Å². The van der Waals surface area contributed by atoms with Crippen molar-refractivity contribution < 1.29 is 9.59 Å². The van der Waals surface area contributed by atoms with Gasteiger partial charge in [0.15, 0.2) is 0 Å². The third-order valence-corrected chi connectivity index (χ3v) is 4.62. The Morgan fingerprint density at radius 2 is 1.88 bits per heavy atom. The van der Waals surface area contributed by atoms with Crippen LogP contribution in [-0.4, -0.2) is 24.9 Å². The maximum absolute atomic E-state index is 12.2. The van der Waals surface area contributed by atoms with Crippen LogP contribution in [0.15, 0.2) is 24.3 Å². The minimum Gasteiger partial charge on any atom is -0.351 e. The Labute approximate surface area is 144 Å². The van der Waals surface area contributed by atoms with Gasteiger partial charge in [0.05, 0.1) is 11.3 Å². The fourth-order valence-corrected chi connectivity index (χ4v) is 3.31. The van der Waals surface area contributed by atoms with Crippen molar-refractivity contribution in [2.24, 2.45) is 11.7 Å². The average molecular weight is 331 g/mol. The Morgan fingerprint density at radius 3 is 2.62 bits per heavy atom. The summed E-state index contributed by atoms with van der Waals surface area (Å²) >= 11 is 0. The van der Waals surface area contributed by atoms with Crippen LogP contribution in [0, 0.1) is 5.92 Å². The molecule has 2 rings (SSSR count). The van der Waals surface area contributed by atoms with E-state index in [0.717, 1.165) is 18.8 Å². The van der Waals surface area contributed by atoms with Crippen molar-refractivity contribution in [1.82, 2.24) is 5.32 Å². The van der Waals surface area contributed by atoms with E-state index in [1.807, 2.05) is 6.07 Å². The van der Waals surface area contributed by atoms with Crippen molar-refractivity contribution in [3.63, 3.8) is 0 Å². The molecule has 1 aliphatic carbocycles. The van der Waals surface area contributed by atoms with Crippen molar-refractivity contribution in [3.05, 3.63) is 29.8 Å². The molecule has 1 aromatic carbocycles. The number of hydrogen-bond donors (Lipinski definition) is 3. The van der Waals surface area contributed by atoms with E-state index in [0.29, 0.717) is 30.8 Å². The topological polar surface area (TPSA) is 84.2 Å². The molecule has 2 amide bonds. The van der Waals surface area contributed by atoms with Gasteiger partial charge >= 0.3 is 0 Å². The van der Waals surface area contributed by atoms with Gasteiger partial charge < -0.3 is 16.4 Å². The maximum Gasteiger partial charge on any atom is 0.253 e. The summed E-state index contributed by atoms with van der Waals surface area (Å²) in [5.74, 6) is 0.560. The molecular formula is C19H29N3O2. The third-order valence-electron chi connectivity index (χ3n) is 4.62. The highest BCUT2D eigenvalue weighted by atomic mass is 16.2. The molecule has 0 radical (unpaired) electrons. The molecule has 0 bridgehead atoms. The van der Waals surface area contributed by atoms with Gasteiger partial charge in [-0.15, -0.1) is 0 Å². The van der Waals surface area contributed by atoms with Gasteiger partial charge in [0, 0.05) is 19.5 Å². The summed E-state index contributed by atoms with van der Waals surface area (Å²) in [7, 11) is 0. The van der Waals surface area contributed by atoms with Gasteiger partial charge in [-0.3, -0.25) is 9.59 Å². The number of benzene rings is 1. The lowest BCUT2D eigenvalue weighted by atomic mass is 9.86. The third kappa shape index (κ3) is 5.96. The quantitative estimate of drug-likeness (QED) is 0.684. The molecule has 24 heavy (non-hydrogen) atoms. The zero-order chi connectivity index (χ0) is 17.2. The van der Waals surface area contributed by atoms with Crippen LogP contribution in [0.4, 0.5) is 5.69 Å². The Morgan fingerprint density at radius 1 is 1.12 bits per heavy atom. The van der Waals surface area contributed by atoms with Crippen molar-refractivity contribution in [3.8, 4) is 0 Å². The van der Waals surface area contributed by atoms with Gasteiger partial charge in [-0.05, 0) is 30.9 Å². The summed E-state index contributed by atoms with van der Waals surface area (Å²) in [5, 5.41) is 5.61. The summed E-state index contributed by atoms with van der Waals surface area (Å²) in [4.78, 5) is 24.3. The number of carbonyl (C=O) groups is 2. The van der Waals surface area contributed by atoms with Crippen LogP contribution in [0.2, 0.25) is 0 Å². The van der Waals surface area contributed by atoms with Gasteiger partial charge in [0.25, 0.3) is 5.91 Å². The SMILES string of the molecule is NCCNC(=O)c1ccccc1NC(=O)CCCC1CCCCC1. The largest absolute Gasteiger partial charge is 0.351 e. The van der Waals surface area contributed by atoms with Gasteiger partial charge in [-0.25, -0.2) is 0 Å². The first-order valence-electron chi connectivity index (χ1n) is 9.08. The minimum atomic E-state index is -0.210. The molecule has 0 unspecified atom stereocenters. The highest BCUT2D eigenvalue weighted by molar-refractivity contribution is 6.03. The van der Waals surface area contributed by atoms with E-state index in [9.17, 15) is 9.59 Å². The summed E-state index contributed by atoms with van der Waals surface area (Å²) < 4.78 is 0. The number of carbonyl (C=O) groups excluding carboxylic acids is 2. The van der Waals surface area contributed by atoms with E-state index in [1.165, 1.54) is 32.1 Å². The molecule has 132 valence electrons. The molecule has 4 N–H and O–H groups in total. The molecule has 1 fully saturated rings. The summed E-state index contributed by atoms with van der Waals surface area (Å²) in [5.41, 5.74) is 6.45. The second-order valence-electron chi connectivity index (χ2n) is 6.53. The van der Waals surface area contributed by atoms with Crippen molar-refractivity contribution in [1.29, 1.82) is 0 Å². The van der Waals surface area contributed by atoms with Crippen LogP contribution in [0.1, 0.15) is 61.7 Å². The highest BCUT2D eigenvalue weighted by Gasteiger charge is 2.15. The predicted molar refractivity (Wildman–Crippen MR) is 96.9 cm³/mol. The Hall–Kier alpha value is -1.88. The standard InChI is InChI=1S/C19H29N3O2/c20-13-14-21-19(24)16-10-4-5-11-17(16)22-18(23)12-6-9-15-7-2-1-3-8-15/h4-5,10-11,15H,1-3,6-9,12-14,20H2,(H,21,24)(H,22,23). The molecule has 1 aromatic rings. The number of anilines is 1. The monoisotopic (exact) mass is 331 g/mol. The number of nitrogens with two attached hydrogens (primary N) is 1. The molecule has 0 aromatic heterocycles. The first-order valence-corrected chi connectivity index (χ1v) is 9.08. The van der Waals surface area contributed by atoms with Crippen LogP contribution >= 0.6 is 0 Å². The zero-order valence-electron chi connectivity index (χ0n) is 14.4. The first-order chi connectivity index (χ1) is 11.7. The fraction of sp³-hybridized carbons (Fsp3) is 0.579. The first kappa shape index (κ1) is 18.5. The van der Waals surface area contributed by atoms with Gasteiger partial charge in [-0.2, -0.15) is 0 Å². The molecule has 0 heterocycles. The van der Waals surface area contributed by atoms with E-state index in [2.05, 4.69) is 10.6 Å². The fourth-order valence-electron chi connectivity index (χ4n) is 3.31. The molecule has 0 spiro atoms. The molecule has 0 saturated heterocycles. The molecule has 0 aliphatic heterocycles. The van der Waals surface area contributed by atoms with E-state index in [-0.39, 0.29) is 11.8 Å². The molecule has 5 heteroatoms. The lowest BCUT2D eigenvalue weighted by molar-refractivity contribution is -0.116. The van der Waals surface area contributed by atoms with Crippen LogP contribution in [0.3, 0.4) is 0 Å². The second-order valence-corrected chi connectivity index (χ2v) is 6.53. The number of nitrogens with one attached hydrogen (secondary N) is 2. The average Bonchev–Trinajstić information content (AvgIpc) is 2.61. The number of rotatable bonds is 8. The maximum atomic E-state index is 12.2. The van der Waals surface area contributed by atoms with E-state index in [4.69, 9.17) is 5.73 Å². The van der Waals surface area contributed by atoms with Gasteiger partial charge in [-0.1, -0.05) is 44.2 Å². The summed E-state index contributed by atoms with van der Waals surface area (Å²) in [6.07, 6.45) is 9.21. The number of hydrogen-bond acceptors (Lipinski definition) is 3. The van der Waals surface area contributed by atoms with Crippen molar-refractivity contribution in [2.45, 2.75) is 51.4 Å². The zero-order valence-corrected chi connectivity index (χ0v) is 14.4. The predicted octanol–water partition coefficient (Wildman–Crippen LogP) is 3.06.